The number of nitrogens with zero attached hydrogens (tertiary/aromatic N) is 3. The van der Waals surface area contributed by atoms with Crippen LogP contribution in [0.1, 0.15) is 12.8 Å². The minimum atomic E-state index is -0.235. The zero-order valence-corrected chi connectivity index (χ0v) is 15.0. The van der Waals surface area contributed by atoms with Crippen molar-refractivity contribution in [3.63, 3.8) is 0 Å². The first kappa shape index (κ1) is 17.1. The summed E-state index contributed by atoms with van der Waals surface area (Å²) in [4.78, 5) is 9.00. The molecule has 6 nitrogen and oxygen atoms in total. The largest absolute Gasteiger partial charge is 0.391 e. The van der Waals surface area contributed by atoms with E-state index in [2.05, 4.69) is 44.4 Å². The standard InChI is InChI=1S/C20H26N4O2/c25-19-2-1-9-24(15-19)18-7-8-21-20(14-18)22-16-3-5-17(6-4-16)23-10-12-26-13-11-23/h3-8,14,19,25H,1-2,9-13,15H2,(H,21,22). The highest BCUT2D eigenvalue weighted by atomic mass is 16.5. The van der Waals surface area contributed by atoms with Gasteiger partial charge in [-0.3, -0.25) is 0 Å². The molecule has 1 atom stereocenters. The third kappa shape index (κ3) is 4.08. The van der Waals surface area contributed by atoms with Crippen LogP contribution < -0.4 is 15.1 Å². The van der Waals surface area contributed by atoms with E-state index in [0.29, 0.717) is 6.54 Å². The van der Waals surface area contributed by atoms with Gasteiger partial charge in [-0.25, -0.2) is 4.98 Å². The average Bonchev–Trinajstić information content (AvgIpc) is 2.69. The predicted octanol–water partition coefficient (Wildman–Crippen LogP) is 2.62. The first-order valence-electron chi connectivity index (χ1n) is 9.37. The van der Waals surface area contributed by atoms with Crippen molar-refractivity contribution < 1.29 is 9.84 Å². The Labute approximate surface area is 154 Å². The van der Waals surface area contributed by atoms with Crippen molar-refractivity contribution in [2.75, 3.05) is 54.5 Å². The fraction of sp³-hybridized carbons (Fsp3) is 0.450. The summed E-state index contributed by atoms with van der Waals surface area (Å²) in [5.74, 6) is 0.821. The summed E-state index contributed by atoms with van der Waals surface area (Å²) in [5.41, 5.74) is 3.35. The molecule has 2 saturated heterocycles. The molecular formula is C20H26N4O2. The van der Waals surface area contributed by atoms with E-state index in [4.69, 9.17) is 4.74 Å². The Morgan fingerprint density at radius 3 is 2.58 bits per heavy atom. The third-order valence-electron chi connectivity index (χ3n) is 5.02. The van der Waals surface area contributed by atoms with E-state index in [9.17, 15) is 5.11 Å². The fourth-order valence-corrected chi connectivity index (χ4v) is 3.60. The molecule has 0 aliphatic carbocycles. The zero-order chi connectivity index (χ0) is 17.8. The van der Waals surface area contributed by atoms with Crippen LogP contribution >= 0.6 is 0 Å². The maximum atomic E-state index is 9.89. The molecule has 2 aliphatic rings. The van der Waals surface area contributed by atoms with Crippen LogP contribution in [0.2, 0.25) is 0 Å². The first-order valence-corrected chi connectivity index (χ1v) is 9.37. The number of piperidine rings is 1. The van der Waals surface area contributed by atoms with Gasteiger partial charge in [-0.1, -0.05) is 0 Å². The lowest BCUT2D eigenvalue weighted by molar-refractivity contribution is 0.122. The molecule has 2 aromatic rings. The number of rotatable bonds is 4. The average molecular weight is 354 g/mol. The highest BCUT2D eigenvalue weighted by Crippen LogP contribution is 2.25. The van der Waals surface area contributed by atoms with Crippen LogP contribution in [0.25, 0.3) is 0 Å². The Kier molecular flexibility index (Phi) is 5.22. The van der Waals surface area contributed by atoms with E-state index < -0.39 is 0 Å². The van der Waals surface area contributed by atoms with E-state index in [1.807, 2.05) is 18.3 Å². The van der Waals surface area contributed by atoms with Gasteiger partial charge in [0.1, 0.15) is 5.82 Å². The number of aliphatic hydroxyl groups is 1. The van der Waals surface area contributed by atoms with Crippen LogP contribution in [-0.2, 0) is 4.74 Å². The lowest BCUT2D eigenvalue weighted by Gasteiger charge is -2.32. The number of aromatic nitrogens is 1. The van der Waals surface area contributed by atoms with Gasteiger partial charge in [0.25, 0.3) is 0 Å². The molecule has 0 saturated carbocycles. The molecular weight excluding hydrogens is 328 g/mol. The maximum Gasteiger partial charge on any atom is 0.132 e. The molecule has 6 heteroatoms. The molecule has 1 unspecified atom stereocenters. The van der Waals surface area contributed by atoms with Gasteiger partial charge in [0.05, 0.1) is 19.3 Å². The number of pyridine rings is 1. The van der Waals surface area contributed by atoms with Crippen molar-refractivity contribution >= 4 is 22.9 Å². The number of nitrogens with one attached hydrogen (secondary N) is 1. The Morgan fingerprint density at radius 1 is 1.00 bits per heavy atom. The number of β-amino-alcohol motifs (C(OH)–C–C–N with tert-alkyl or cyclic N) is 1. The second-order valence-electron chi connectivity index (χ2n) is 6.91. The molecule has 0 bridgehead atoms. The molecule has 1 aromatic heterocycles. The van der Waals surface area contributed by atoms with Gasteiger partial charge < -0.3 is 25.0 Å². The summed E-state index contributed by atoms with van der Waals surface area (Å²) < 4.78 is 5.41. The van der Waals surface area contributed by atoms with Crippen molar-refractivity contribution in [3.8, 4) is 0 Å². The van der Waals surface area contributed by atoms with Gasteiger partial charge in [-0.05, 0) is 43.2 Å². The number of aliphatic hydroxyl groups excluding tert-OH is 1. The van der Waals surface area contributed by atoms with E-state index in [0.717, 1.165) is 62.9 Å². The molecule has 26 heavy (non-hydrogen) atoms. The molecule has 2 aliphatic heterocycles. The molecule has 4 rings (SSSR count). The predicted molar refractivity (Wildman–Crippen MR) is 104 cm³/mol. The smallest absolute Gasteiger partial charge is 0.132 e. The van der Waals surface area contributed by atoms with Crippen molar-refractivity contribution in [1.82, 2.24) is 4.98 Å². The summed E-state index contributed by atoms with van der Waals surface area (Å²) in [7, 11) is 0. The van der Waals surface area contributed by atoms with E-state index in [1.165, 1.54) is 5.69 Å². The monoisotopic (exact) mass is 354 g/mol. The van der Waals surface area contributed by atoms with E-state index in [1.54, 1.807) is 0 Å². The van der Waals surface area contributed by atoms with Gasteiger partial charge in [-0.15, -0.1) is 0 Å². The highest BCUT2D eigenvalue weighted by Gasteiger charge is 2.18. The van der Waals surface area contributed by atoms with Crippen LogP contribution in [0.4, 0.5) is 22.9 Å². The van der Waals surface area contributed by atoms with Crippen LogP contribution in [0, 0.1) is 0 Å². The Morgan fingerprint density at radius 2 is 1.81 bits per heavy atom. The Balaban J connectivity index is 1.43. The van der Waals surface area contributed by atoms with Crippen molar-refractivity contribution in [2.24, 2.45) is 0 Å². The molecule has 0 spiro atoms. The van der Waals surface area contributed by atoms with Gasteiger partial charge in [0.2, 0.25) is 0 Å². The van der Waals surface area contributed by atoms with Crippen molar-refractivity contribution in [3.05, 3.63) is 42.6 Å². The van der Waals surface area contributed by atoms with Crippen LogP contribution in [0.15, 0.2) is 42.6 Å². The summed E-state index contributed by atoms with van der Waals surface area (Å²) in [6, 6.07) is 12.5. The molecule has 0 radical (unpaired) electrons. The summed E-state index contributed by atoms with van der Waals surface area (Å²) >= 11 is 0. The zero-order valence-electron chi connectivity index (χ0n) is 15.0. The summed E-state index contributed by atoms with van der Waals surface area (Å²) in [6.45, 7) is 5.15. The number of benzene rings is 1. The van der Waals surface area contributed by atoms with Crippen LogP contribution in [0.3, 0.4) is 0 Å². The number of anilines is 4. The number of morpholine rings is 1. The molecule has 2 N–H and O–H groups in total. The lowest BCUT2D eigenvalue weighted by atomic mass is 10.1. The van der Waals surface area contributed by atoms with Gasteiger partial charge in [-0.2, -0.15) is 0 Å². The SMILES string of the molecule is OC1CCCN(c2ccnc(Nc3ccc(N4CCOCC4)cc3)c2)C1. The minimum Gasteiger partial charge on any atom is -0.391 e. The number of hydrogen-bond donors (Lipinski definition) is 2. The van der Waals surface area contributed by atoms with Gasteiger partial charge in [0, 0.05) is 55.5 Å². The molecule has 0 amide bonds. The van der Waals surface area contributed by atoms with Gasteiger partial charge >= 0.3 is 0 Å². The molecule has 138 valence electrons. The van der Waals surface area contributed by atoms with Crippen LogP contribution in [-0.4, -0.2) is 55.6 Å². The summed E-state index contributed by atoms with van der Waals surface area (Å²) in [5, 5.41) is 13.3. The molecule has 3 heterocycles. The Hall–Kier alpha value is -2.31. The highest BCUT2D eigenvalue weighted by molar-refractivity contribution is 5.64. The second kappa shape index (κ2) is 7.93. The number of hydrogen-bond acceptors (Lipinski definition) is 6. The maximum absolute atomic E-state index is 9.89. The fourth-order valence-electron chi connectivity index (χ4n) is 3.60. The lowest BCUT2D eigenvalue weighted by Crippen LogP contribution is -2.38. The second-order valence-corrected chi connectivity index (χ2v) is 6.91. The molecule has 2 fully saturated rings. The van der Waals surface area contributed by atoms with Crippen molar-refractivity contribution in [2.45, 2.75) is 18.9 Å². The van der Waals surface area contributed by atoms with Crippen molar-refractivity contribution in [1.29, 1.82) is 0 Å². The number of ether oxygens (including phenoxy) is 1. The summed E-state index contributed by atoms with van der Waals surface area (Å²) in [6.07, 6.45) is 3.50. The Bertz CT molecular complexity index is 716. The molecule has 1 aromatic carbocycles. The van der Waals surface area contributed by atoms with Gasteiger partial charge in [0.15, 0.2) is 0 Å². The van der Waals surface area contributed by atoms with Crippen LogP contribution in [0.5, 0.6) is 0 Å². The first-order chi connectivity index (χ1) is 12.8. The normalized spacial score (nSPS) is 20.9. The third-order valence-corrected chi connectivity index (χ3v) is 5.02. The van der Waals surface area contributed by atoms with E-state index in [-0.39, 0.29) is 6.10 Å². The minimum absolute atomic E-state index is 0.235. The van der Waals surface area contributed by atoms with E-state index >= 15 is 0 Å². The quantitative estimate of drug-likeness (QED) is 0.880. The topological polar surface area (TPSA) is 60.9 Å².